The largest absolute Gasteiger partial charge is 0.356 e. The standard InChI is InChI=1S/C11H14N2O2/c1-2-12-11(15)7-9-3-5-10(6-4-9)13-8-14/h3-6,8H,2,7H2,1H3,(H,12,15)(H,13,14). The molecule has 1 rings (SSSR count). The Morgan fingerprint density at radius 1 is 1.33 bits per heavy atom. The molecule has 4 heteroatoms. The highest BCUT2D eigenvalue weighted by molar-refractivity contribution is 5.79. The van der Waals surface area contributed by atoms with E-state index < -0.39 is 0 Å². The maximum absolute atomic E-state index is 11.2. The van der Waals surface area contributed by atoms with E-state index in [9.17, 15) is 9.59 Å². The molecule has 0 saturated carbocycles. The molecule has 15 heavy (non-hydrogen) atoms. The quantitative estimate of drug-likeness (QED) is 0.704. The zero-order chi connectivity index (χ0) is 11.1. The summed E-state index contributed by atoms with van der Waals surface area (Å²) in [7, 11) is 0. The van der Waals surface area contributed by atoms with E-state index in [1.807, 2.05) is 19.1 Å². The van der Waals surface area contributed by atoms with Crippen molar-refractivity contribution in [2.75, 3.05) is 11.9 Å². The van der Waals surface area contributed by atoms with Gasteiger partial charge in [-0.2, -0.15) is 0 Å². The van der Waals surface area contributed by atoms with Gasteiger partial charge < -0.3 is 10.6 Å². The third-order valence-electron chi connectivity index (χ3n) is 1.92. The molecule has 0 aliphatic rings. The number of benzene rings is 1. The van der Waals surface area contributed by atoms with Crippen molar-refractivity contribution in [3.8, 4) is 0 Å². The Labute approximate surface area is 88.7 Å². The number of nitrogens with one attached hydrogen (secondary N) is 2. The molecule has 80 valence electrons. The SMILES string of the molecule is CCNC(=O)Cc1ccc(NC=O)cc1. The van der Waals surface area contributed by atoms with Crippen LogP contribution in [0.3, 0.4) is 0 Å². The zero-order valence-corrected chi connectivity index (χ0v) is 8.62. The van der Waals surface area contributed by atoms with Crippen molar-refractivity contribution in [2.24, 2.45) is 0 Å². The van der Waals surface area contributed by atoms with Gasteiger partial charge in [0.15, 0.2) is 0 Å². The summed E-state index contributed by atoms with van der Waals surface area (Å²) in [5, 5.41) is 5.26. The van der Waals surface area contributed by atoms with Crippen LogP contribution in [-0.4, -0.2) is 18.9 Å². The molecule has 0 aliphatic carbocycles. The first kappa shape index (κ1) is 11.2. The van der Waals surface area contributed by atoms with Crippen LogP contribution in [0.25, 0.3) is 0 Å². The van der Waals surface area contributed by atoms with Crippen LogP contribution >= 0.6 is 0 Å². The van der Waals surface area contributed by atoms with Gasteiger partial charge >= 0.3 is 0 Å². The van der Waals surface area contributed by atoms with Crippen LogP contribution < -0.4 is 10.6 Å². The van der Waals surface area contributed by atoms with Crippen molar-refractivity contribution in [3.63, 3.8) is 0 Å². The van der Waals surface area contributed by atoms with Gasteiger partial charge in [-0.3, -0.25) is 9.59 Å². The minimum atomic E-state index is 0.00796. The first-order valence-corrected chi connectivity index (χ1v) is 4.82. The molecule has 0 spiro atoms. The Hall–Kier alpha value is -1.84. The van der Waals surface area contributed by atoms with Crippen molar-refractivity contribution >= 4 is 18.0 Å². The molecule has 1 aromatic carbocycles. The lowest BCUT2D eigenvalue weighted by Gasteiger charge is -2.03. The molecule has 4 nitrogen and oxygen atoms in total. The van der Waals surface area contributed by atoms with Crippen LogP contribution in [0.15, 0.2) is 24.3 Å². The summed E-state index contributed by atoms with van der Waals surface area (Å²) in [6, 6.07) is 7.17. The number of rotatable bonds is 5. The van der Waals surface area contributed by atoms with Gasteiger partial charge in [0.25, 0.3) is 0 Å². The molecule has 0 radical (unpaired) electrons. The minimum absolute atomic E-state index is 0.00796. The first-order chi connectivity index (χ1) is 7.26. The van der Waals surface area contributed by atoms with Gasteiger partial charge in [0.1, 0.15) is 0 Å². The van der Waals surface area contributed by atoms with Crippen LogP contribution in [0.4, 0.5) is 5.69 Å². The lowest BCUT2D eigenvalue weighted by molar-refractivity contribution is -0.120. The average Bonchev–Trinajstić information content (AvgIpc) is 2.22. The van der Waals surface area contributed by atoms with E-state index in [1.54, 1.807) is 12.1 Å². The lowest BCUT2D eigenvalue weighted by atomic mass is 10.1. The summed E-state index contributed by atoms with van der Waals surface area (Å²) < 4.78 is 0. The fourth-order valence-corrected chi connectivity index (χ4v) is 1.23. The minimum Gasteiger partial charge on any atom is -0.356 e. The molecule has 2 N–H and O–H groups in total. The van der Waals surface area contributed by atoms with Crippen LogP contribution in [-0.2, 0) is 16.0 Å². The summed E-state index contributed by atoms with van der Waals surface area (Å²) >= 11 is 0. The van der Waals surface area contributed by atoms with Crippen LogP contribution in [0.2, 0.25) is 0 Å². The Morgan fingerprint density at radius 3 is 2.53 bits per heavy atom. The second-order valence-corrected chi connectivity index (χ2v) is 3.09. The molecule has 0 unspecified atom stereocenters. The summed E-state index contributed by atoms with van der Waals surface area (Å²) in [5.74, 6) is 0.00796. The highest BCUT2D eigenvalue weighted by atomic mass is 16.1. The van der Waals surface area contributed by atoms with Crippen LogP contribution in [0.1, 0.15) is 12.5 Å². The molecule has 0 aromatic heterocycles. The van der Waals surface area contributed by atoms with E-state index in [0.717, 1.165) is 11.3 Å². The highest BCUT2D eigenvalue weighted by Crippen LogP contribution is 2.08. The van der Waals surface area contributed by atoms with Gasteiger partial charge in [0, 0.05) is 12.2 Å². The van der Waals surface area contributed by atoms with E-state index in [0.29, 0.717) is 19.4 Å². The summed E-state index contributed by atoms with van der Waals surface area (Å²) in [4.78, 5) is 21.4. The number of anilines is 1. The maximum Gasteiger partial charge on any atom is 0.224 e. The Bertz CT molecular complexity index is 333. The summed E-state index contributed by atoms with van der Waals surface area (Å²) in [5.41, 5.74) is 1.65. The van der Waals surface area contributed by atoms with E-state index in [2.05, 4.69) is 10.6 Å². The van der Waals surface area contributed by atoms with Crippen molar-refractivity contribution in [1.82, 2.24) is 5.32 Å². The van der Waals surface area contributed by atoms with Crippen molar-refractivity contribution in [3.05, 3.63) is 29.8 Å². The molecule has 1 aromatic rings. The fraction of sp³-hybridized carbons (Fsp3) is 0.273. The molecule has 0 atom stereocenters. The average molecular weight is 206 g/mol. The number of amides is 2. The monoisotopic (exact) mass is 206 g/mol. The van der Waals surface area contributed by atoms with E-state index in [4.69, 9.17) is 0 Å². The summed E-state index contributed by atoms with van der Waals surface area (Å²) in [6.45, 7) is 2.53. The van der Waals surface area contributed by atoms with Crippen LogP contribution in [0, 0.1) is 0 Å². The van der Waals surface area contributed by atoms with E-state index in [-0.39, 0.29) is 5.91 Å². The first-order valence-electron chi connectivity index (χ1n) is 4.82. The van der Waals surface area contributed by atoms with Crippen LogP contribution in [0.5, 0.6) is 0 Å². The second-order valence-electron chi connectivity index (χ2n) is 3.09. The lowest BCUT2D eigenvalue weighted by Crippen LogP contribution is -2.24. The van der Waals surface area contributed by atoms with Gasteiger partial charge in [-0.15, -0.1) is 0 Å². The fourth-order valence-electron chi connectivity index (χ4n) is 1.23. The van der Waals surface area contributed by atoms with Crippen molar-refractivity contribution < 1.29 is 9.59 Å². The Kier molecular flexibility index (Phi) is 4.34. The Morgan fingerprint density at radius 2 is 2.00 bits per heavy atom. The molecule has 0 saturated heterocycles. The molecular weight excluding hydrogens is 192 g/mol. The number of hydrogen-bond donors (Lipinski definition) is 2. The zero-order valence-electron chi connectivity index (χ0n) is 8.62. The van der Waals surface area contributed by atoms with Gasteiger partial charge in [-0.1, -0.05) is 12.1 Å². The number of likely N-dealkylation sites (N-methyl/N-ethyl adjacent to an activating group) is 1. The maximum atomic E-state index is 11.2. The van der Waals surface area contributed by atoms with Gasteiger partial charge in [-0.25, -0.2) is 0 Å². The Balaban J connectivity index is 2.56. The molecular formula is C11H14N2O2. The van der Waals surface area contributed by atoms with E-state index >= 15 is 0 Å². The predicted octanol–water partition coefficient (Wildman–Crippen LogP) is 0.933. The summed E-state index contributed by atoms with van der Waals surface area (Å²) in [6.07, 6.45) is 0.994. The molecule has 0 fully saturated rings. The second kappa shape index (κ2) is 5.80. The van der Waals surface area contributed by atoms with E-state index in [1.165, 1.54) is 0 Å². The third-order valence-corrected chi connectivity index (χ3v) is 1.92. The number of hydrogen-bond acceptors (Lipinski definition) is 2. The van der Waals surface area contributed by atoms with Gasteiger partial charge in [0.2, 0.25) is 12.3 Å². The molecule has 0 aliphatic heterocycles. The molecule has 0 bridgehead atoms. The smallest absolute Gasteiger partial charge is 0.224 e. The van der Waals surface area contributed by atoms with Crippen molar-refractivity contribution in [2.45, 2.75) is 13.3 Å². The number of carbonyl (C=O) groups is 2. The van der Waals surface area contributed by atoms with Gasteiger partial charge in [0.05, 0.1) is 6.42 Å². The highest BCUT2D eigenvalue weighted by Gasteiger charge is 2.01. The van der Waals surface area contributed by atoms with Gasteiger partial charge in [-0.05, 0) is 24.6 Å². The molecule has 2 amide bonds. The normalized spacial score (nSPS) is 9.40. The predicted molar refractivity (Wildman–Crippen MR) is 58.5 cm³/mol. The topological polar surface area (TPSA) is 58.2 Å². The number of carbonyl (C=O) groups excluding carboxylic acids is 2. The van der Waals surface area contributed by atoms with Crippen molar-refractivity contribution in [1.29, 1.82) is 0 Å². The third kappa shape index (κ3) is 3.81. The molecule has 0 heterocycles.